The summed E-state index contributed by atoms with van der Waals surface area (Å²) in [5, 5.41) is 9.66. The first-order valence-electron chi connectivity index (χ1n) is 4.65. The Kier molecular flexibility index (Phi) is 7.56. The number of rotatable bonds is 7. The van der Waals surface area contributed by atoms with Gasteiger partial charge in [-0.25, -0.2) is 0 Å². The Morgan fingerprint density at radius 2 is 2.08 bits per heavy atom. The molecule has 4 heteroatoms. The van der Waals surface area contributed by atoms with Crippen molar-refractivity contribution < 1.29 is 9.90 Å². The SMILES string of the molecule is NCCCCC[C@@H](C[SeH5])C(=O)O. The van der Waals surface area contributed by atoms with Crippen LogP contribution in [0.25, 0.3) is 0 Å². The second-order valence-corrected chi connectivity index (χ2v) is 4.79. The van der Waals surface area contributed by atoms with E-state index in [0.29, 0.717) is 16.0 Å². The predicted molar refractivity (Wildman–Crippen MR) is 56.2 cm³/mol. The zero-order valence-electron chi connectivity index (χ0n) is 7.75. The van der Waals surface area contributed by atoms with Gasteiger partial charge >= 0.3 is 81.1 Å². The molecule has 76 valence electrons. The van der Waals surface area contributed by atoms with Crippen molar-refractivity contribution in [3.05, 3.63) is 0 Å². The summed E-state index contributed by atoms with van der Waals surface area (Å²) in [6.07, 6.45) is 3.96. The Hall–Kier alpha value is -0.0505. The van der Waals surface area contributed by atoms with Crippen LogP contribution >= 0.6 is 0 Å². The van der Waals surface area contributed by atoms with Gasteiger partial charge in [0, 0.05) is 0 Å². The number of aliphatic carboxylic acids is 1. The van der Waals surface area contributed by atoms with Crippen molar-refractivity contribution in [2.24, 2.45) is 11.7 Å². The summed E-state index contributed by atoms with van der Waals surface area (Å²) in [5.41, 5.74) is 5.33. The summed E-state index contributed by atoms with van der Waals surface area (Å²) < 4.78 is 0. The van der Waals surface area contributed by atoms with Crippen LogP contribution in [-0.2, 0) is 4.79 Å². The second kappa shape index (κ2) is 7.59. The third-order valence-electron chi connectivity index (χ3n) is 2.10. The molecule has 0 bridgehead atoms. The Labute approximate surface area is 81.5 Å². The molecule has 0 radical (unpaired) electrons. The number of unbranched alkanes of at least 4 members (excludes halogenated alkanes) is 2. The zero-order chi connectivity index (χ0) is 9.40. The molecule has 0 unspecified atom stereocenters. The van der Waals surface area contributed by atoms with Crippen LogP contribution in [0.2, 0.25) is 5.32 Å². The number of carbonyl (C=O) groups is 1. The molecule has 0 aromatic heterocycles. The van der Waals surface area contributed by atoms with E-state index in [9.17, 15) is 4.79 Å². The van der Waals surface area contributed by atoms with Gasteiger partial charge in [-0.3, -0.25) is 0 Å². The molecule has 0 amide bonds. The van der Waals surface area contributed by atoms with Gasteiger partial charge in [0.2, 0.25) is 0 Å². The molecule has 0 spiro atoms. The number of hydrogen-bond acceptors (Lipinski definition) is 2. The number of nitrogens with two attached hydrogens (primary N) is 1. The standard InChI is InChI=1S/C8H21NO2Se/c9-5-3-1-2-4-7(6-12)8(10)11/h7H,1-6,9H2,12H5,(H,10,11)/t7-/m0/s1. The maximum atomic E-state index is 10.6. The Morgan fingerprint density at radius 3 is 2.50 bits per heavy atom. The molecule has 0 aromatic rings. The number of hydrogen-bond donors (Lipinski definition) is 2. The van der Waals surface area contributed by atoms with Crippen molar-refractivity contribution >= 4 is 22.0 Å². The summed E-state index contributed by atoms with van der Waals surface area (Å²) in [6, 6.07) is 0. The van der Waals surface area contributed by atoms with Crippen molar-refractivity contribution in [2.75, 3.05) is 6.54 Å². The van der Waals surface area contributed by atoms with Gasteiger partial charge in [-0.15, -0.1) is 0 Å². The predicted octanol–water partition coefficient (Wildman–Crippen LogP) is -0.545. The van der Waals surface area contributed by atoms with Gasteiger partial charge in [0.1, 0.15) is 0 Å². The van der Waals surface area contributed by atoms with E-state index in [1.807, 2.05) is 0 Å². The topological polar surface area (TPSA) is 63.3 Å². The maximum absolute atomic E-state index is 10.6. The van der Waals surface area contributed by atoms with Crippen molar-refractivity contribution in [1.82, 2.24) is 0 Å². The molecular formula is C8H21NO2Se. The molecule has 3 nitrogen and oxygen atoms in total. The molecule has 0 rings (SSSR count). The van der Waals surface area contributed by atoms with Crippen LogP contribution in [0.4, 0.5) is 0 Å². The van der Waals surface area contributed by atoms with E-state index in [1.54, 1.807) is 0 Å². The summed E-state index contributed by atoms with van der Waals surface area (Å²) in [6.45, 7) is 0.724. The van der Waals surface area contributed by atoms with Gasteiger partial charge in [-0.2, -0.15) is 0 Å². The monoisotopic (exact) mass is 243 g/mol. The number of carboxylic acids is 1. The minimum atomic E-state index is -0.615. The summed E-state index contributed by atoms with van der Waals surface area (Å²) >= 11 is 0.657. The quantitative estimate of drug-likeness (QED) is 0.465. The van der Waals surface area contributed by atoms with Crippen LogP contribution in [-0.4, -0.2) is 33.6 Å². The van der Waals surface area contributed by atoms with Crippen LogP contribution in [0.1, 0.15) is 25.7 Å². The summed E-state index contributed by atoms with van der Waals surface area (Å²) in [7, 11) is 0. The fraction of sp³-hybridized carbons (Fsp3) is 0.875. The third kappa shape index (κ3) is 5.58. The van der Waals surface area contributed by atoms with Crippen molar-refractivity contribution in [3.8, 4) is 0 Å². The van der Waals surface area contributed by atoms with E-state index in [2.05, 4.69) is 0 Å². The molecule has 0 heterocycles. The normalized spacial score (nSPS) is 12.9. The van der Waals surface area contributed by atoms with E-state index in [1.165, 1.54) is 0 Å². The Balaban J connectivity index is 3.38. The van der Waals surface area contributed by atoms with Crippen LogP contribution in [0.3, 0.4) is 0 Å². The van der Waals surface area contributed by atoms with Gasteiger partial charge in [0.25, 0.3) is 0 Å². The minimum absolute atomic E-state index is 0.0669. The first-order chi connectivity index (χ1) is 5.72. The van der Waals surface area contributed by atoms with Crippen LogP contribution in [0, 0.1) is 5.92 Å². The van der Waals surface area contributed by atoms with Crippen LogP contribution in [0.5, 0.6) is 0 Å². The molecule has 0 fully saturated rings. The van der Waals surface area contributed by atoms with Gasteiger partial charge in [-0.05, 0) is 0 Å². The average molecular weight is 242 g/mol. The van der Waals surface area contributed by atoms with Crippen molar-refractivity contribution in [3.63, 3.8) is 0 Å². The molecule has 0 aromatic carbocycles. The van der Waals surface area contributed by atoms with Gasteiger partial charge in [0.05, 0.1) is 0 Å². The van der Waals surface area contributed by atoms with E-state index in [-0.39, 0.29) is 5.92 Å². The molecule has 0 aliphatic heterocycles. The average Bonchev–Trinajstić information content (AvgIpc) is 2.04. The van der Waals surface area contributed by atoms with Gasteiger partial charge in [-0.1, -0.05) is 0 Å². The molecule has 0 saturated carbocycles. The first kappa shape index (κ1) is 11.9. The van der Waals surface area contributed by atoms with Crippen LogP contribution in [0.15, 0.2) is 0 Å². The molecular weight excluding hydrogens is 221 g/mol. The van der Waals surface area contributed by atoms with Crippen molar-refractivity contribution in [1.29, 1.82) is 0 Å². The molecule has 0 aliphatic carbocycles. The molecule has 0 saturated heterocycles. The van der Waals surface area contributed by atoms with E-state index in [0.717, 1.165) is 37.5 Å². The van der Waals surface area contributed by atoms with Gasteiger partial charge < -0.3 is 0 Å². The van der Waals surface area contributed by atoms with Crippen LogP contribution < -0.4 is 5.73 Å². The Bertz CT molecular complexity index is 130. The zero-order valence-corrected chi connectivity index (χ0v) is 11.9. The van der Waals surface area contributed by atoms with Crippen molar-refractivity contribution in [2.45, 2.75) is 31.0 Å². The molecule has 3 N–H and O–H groups in total. The van der Waals surface area contributed by atoms with Gasteiger partial charge in [0.15, 0.2) is 0 Å². The van der Waals surface area contributed by atoms with E-state index >= 15 is 0 Å². The summed E-state index contributed by atoms with van der Waals surface area (Å²) in [5.74, 6) is -0.682. The first-order valence-corrected chi connectivity index (χ1v) is 7.62. The second-order valence-electron chi connectivity index (χ2n) is 3.08. The third-order valence-corrected chi connectivity index (χ3v) is 4.17. The fourth-order valence-corrected chi connectivity index (χ4v) is 2.80. The summed E-state index contributed by atoms with van der Waals surface area (Å²) in [4.78, 5) is 10.6. The Morgan fingerprint density at radius 1 is 1.42 bits per heavy atom. The molecule has 12 heavy (non-hydrogen) atoms. The molecule has 0 aliphatic rings. The van der Waals surface area contributed by atoms with E-state index < -0.39 is 5.97 Å². The number of carboxylic acid groups (broad SMARTS) is 1. The molecule has 1 atom stereocenters. The van der Waals surface area contributed by atoms with E-state index in [4.69, 9.17) is 10.8 Å². The fourth-order valence-electron chi connectivity index (χ4n) is 1.21.